The molecule has 0 atom stereocenters. The van der Waals surface area contributed by atoms with Gasteiger partial charge in [-0.2, -0.15) is 0 Å². The summed E-state index contributed by atoms with van der Waals surface area (Å²) in [7, 11) is 0. The molecule has 1 aromatic heterocycles. The molecule has 0 saturated heterocycles. The average molecular weight is 377 g/mol. The van der Waals surface area contributed by atoms with E-state index in [1.165, 1.54) is 0 Å². The third-order valence-corrected chi connectivity index (χ3v) is 4.72. The highest BCUT2D eigenvalue weighted by Crippen LogP contribution is 2.26. The van der Waals surface area contributed by atoms with Crippen molar-refractivity contribution < 1.29 is 9.53 Å². The number of amides is 2. The van der Waals surface area contributed by atoms with E-state index in [4.69, 9.17) is 4.74 Å². The van der Waals surface area contributed by atoms with E-state index in [-0.39, 0.29) is 6.03 Å². The van der Waals surface area contributed by atoms with Gasteiger partial charge in [-0.1, -0.05) is 36.4 Å². The van der Waals surface area contributed by atoms with Crippen molar-refractivity contribution in [2.75, 3.05) is 5.32 Å². The van der Waals surface area contributed by atoms with Crippen LogP contribution in [0.4, 0.5) is 10.5 Å². The van der Waals surface area contributed by atoms with Gasteiger partial charge in [-0.25, -0.2) is 4.79 Å². The molecule has 0 saturated carbocycles. The predicted molar refractivity (Wildman–Crippen MR) is 106 cm³/mol. The van der Waals surface area contributed by atoms with E-state index >= 15 is 0 Å². The van der Waals surface area contributed by atoms with Crippen molar-refractivity contribution >= 4 is 11.7 Å². The molecule has 2 amide bonds. The zero-order valence-electron chi connectivity index (χ0n) is 15.8. The highest BCUT2D eigenvalue weighted by atomic mass is 16.5. The molecule has 2 N–H and O–H groups in total. The van der Waals surface area contributed by atoms with Crippen molar-refractivity contribution in [1.82, 2.24) is 20.1 Å². The zero-order chi connectivity index (χ0) is 19.3. The molecule has 0 aliphatic carbocycles. The number of rotatable bonds is 6. The molecule has 2 heterocycles. The maximum absolute atomic E-state index is 12.4. The summed E-state index contributed by atoms with van der Waals surface area (Å²) in [5.74, 6) is 2.42. The van der Waals surface area contributed by atoms with Crippen LogP contribution in [0.5, 0.6) is 5.75 Å². The number of ether oxygens (including phenoxy) is 1. The molecule has 1 aliphatic heterocycles. The second-order valence-electron chi connectivity index (χ2n) is 6.87. The van der Waals surface area contributed by atoms with Crippen LogP contribution in [0.15, 0.2) is 48.5 Å². The summed E-state index contributed by atoms with van der Waals surface area (Å²) < 4.78 is 8.02. The van der Waals surface area contributed by atoms with Crippen LogP contribution in [0, 0.1) is 6.92 Å². The number of aromatic nitrogens is 3. The Kier molecular flexibility index (Phi) is 5.23. The van der Waals surface area contributed by atoms with Gasteiger partial charge in [0.05, 0.1) is 12.2 Å². The van der Waals surface area contributed by atoms with Crippen LogP contribution in [0.2, 0.25) is 0 Å². The summed E-state index contributed by atoms with van der Waals surface area (Å²) in [5.41, 5.74) is 2.76. The third-order valence-electron chi connectivity index (χ3n) is 4.72. The Bertz CT molecular complexity index is 968. The van der Waals surface area contributed by atoms with Crippen LogP contribution in [0.3, 0.4) is 0 Å². The van der Waals surface area contributed by atoms with Gasteiger partial charge in [0.1, 0.15) is 18.2 Å². The molecule has 7 heteroatoms. The van der Waals surface area contributed by atoms with Crippen molar-refractivity contribution in [3.05, 3.63) is 71.3 Å². The zero-order valence-corrected chi connectivity index (χ0v) is 15.8. The van der Waals surface area contributed by atoms with Gasteiger partial charge in [0, 0.05) is 13.0 Å². The normalized spacial score (nSPS) is 12.5. The molecule has 1 aliphatic rings. The first-order valence-corrected chi connectivity index (χ1v) is 9.42. The van der Waals surface area contributed by atoms with Gasteiger partial charge in [0.15, 0.2) is 5.82 Å². The fourth-order valence-corrected chi connectivity index (χ4v) is 3.25. The largest absolute Gasteiger partial charge is 0.487 e. The lowest BCUT2D eigenvalue weighted by Gasteiger charge is -2.14. The van der Waals surface area contributed by atoms with Gasteiger partial charge in [-0.3, -0.25) is 0 Å². The number of benzene rings is 2. The Balaban J connectivity index is 1.38. The quantitative estimate of drug-likeness (QED) is 0.690. The lowest BCUT2D eigenvalue weighted by molar-refractivity contribution is 0.251. The monoisotopic (exact) mass is 377 g/mol. The van der Waals surface area contributed by atoms with Crippen molar-refractivity contribution in [1.29, 1.82) is 0 Å². The highest BCUT2D eigenvalue weighted by molar-refractivity contribution is 5.90. The lowest BCUT2D eigenvalue weighted by atomic mass is 10.2. The van der Waals surface area contributed by atoms with Gasteiger partial charge in [0.25, 0.3) is 0 Å². The number of urea groups is 1. The summed E-state index contributed by atoms with van der Waals surface area (Å²) in [5, 5.41) is 14.0. The summed E-state index contributed by atoms with van der Waals surface area (Å²) in [6, 6.07) is 15.3. The average Bonchev–Trinajstić information content (AvgIpc) is 3.31. The SMILES string of the molecule is Cc1ccc(NC(=O)NCc2nnc3n2CCC3)c(OCc2ccccc2)c1. The molecule has 28 heavy (non-hydrogen) atoms. The van der Waals surface area contributed by atoms with Gasteiger partial charge in [0.2, 0.25) is 0 Å². The van der Waals surface area contributed by atoms with Crippen LogP contribution in [-0.4, -0.2) is 20.8 Å². The van der Waals surface area contributed by atoms with Crippen molar-refractivity contribution in [3.8, 4) is 5.75 Å². The molecule has 4 rings (SSSR count). The second kappa shape index (κ2) is 8.12. The van der Waals surface area contributed by atoms with E-state index in [0.29, 0.717) is 24.6 Å². The van der Waals surface area contributed by atoms with Crippen LogP contribution in [0.1, 0.15) is 29.2 Å². The van der Waals surface area contributed by atoms with E-state index in [9.17, 15) is 4.79 Å². The van der Waals surface area contributed by atoms with E-state index in [1.54, 1.807) is 0 Å². The van der Waals surface area contributed by atoms with E-state index in [1.807, 2.05) is 55.5 Å². The van der Waals surface area contributed by atoms with E-state index in [0.717, 1.165) is 42.2 Å². The molecular formula is C21H23N5O2. The second-order valence-corrected chi connectivity index (χ2v) is 6.87. The van der Waals surface area contributed by atoms with Gasteiger partial charge in [-0.05, 0) is 36.6 Å². The van der Waals surface area contributed by atoms with Crippen LogP contribution < -0.4 is 15.4 Å². The molecule has 0 bridgehead atoms. The molecule has 0 spiro atoms. The Morgan fingerprint density at radius 2 is 2.04 bits per heavy atom. The minimum absolute atomic E-state index is 0.302. The molecule has 0 unspecified atom stereocenters. The number of nitrogens with one attached hydrogen (secondary N) is 2. The maximum atomic E-state index is 12.4. The number of aryl methyl sites for hydroxylation is 2. The summed E-state index contributed by atoms with van der Waals surface area (Å²) in [6.45, 7) is 3.68. The molecule has 0 fully saturated rings. The minimum Gasteiger partial charge on any atom is -0.487 e. The fourth-order valence-electron chi connectivity index (χ4n) is 3.25. The first-order valence-electron chi connectivity index (χ1n) is 9.42. The molecule has 2 aromatic carbocycles. The van der Waals surface area contributed by atoms with Gasteiger partial charge < -0.3 is 19.9 Å². The Labute approximate surface area is 163 Å². The highest BCUT2D eigenvalue weighted by Gasteiger charge is 2.17. The lowest BCUT2D eigenvalue weighted by Crippen LogP contribution is -2.29. The number of anilines is 1. The smallest absolute Gasteiger partial charge is 0.319 e. The van der Waals surface area contributed by atoms with Crippen LogP contribution in [-0.2, 0) is 26.1 Å². The van der Waals surface area contributed by atoms with Crippen molar-refractivity contribution in [2.24, 2.45) is 0 Å². The maximum Gasteiger partial charge on any atom is 0.319 e. The predicted octanol–water partition coefficient (Wildman–Crippen LogP) is 3.43. The number of carbonyl (C=O) groups excluding carboxylic acids is 1. The van der Waals surface area contributed by atoms with Gasteiger partial charge >= 0.3 is 6.03 Å². The standard InChI is InChI=1S/C21H23N5O2/c1-15-9-10-17(18(12-15)28-14-16-6-3-2-4-7-16)23-21(27)22-13-20-25-24-19-8-5-11-26(19)20/h2-4,6-7,9-10,12H,5,8,11,13-14H2,1H3,(H2,22,23,27). The summed E-state index contributed by atoms with van der Waals surface area (Å²) >= 11 is 0. The number of nitrogens with zero attached hydrogens (tertiary/aromatic N) is 3. The number of hydrogen-bond donors (Lipinski definition) is 2. The van der Waals surface area contributed by atoms with Crippen LogP contribution in [0.25, 0.3) is 0 Å². The van der Waals surface area contributed by atoms with E-state index < -0.39 is 0 Å². The molecule has 0 radical (unpaired) electrons. The number of carbonyl (C=O) groups is 1. The molecule has 3 aromatic rings. The Hall–Kier alpha value is -3.35. The summed E-state index contributed by atoms with van der Waals surface area (Å²) in [6.07, 6.45) is 2.03. The first kappa shape index (κ1) is 18.0. The molecular weight excluding hydrogens is 354 g/mol. The van der Waals surface area contributed by atoms with Crippen molar-refractivity contribution in [2.45, 2.75) is 39.5 Å². The van der Waals surface area contributed by atoms with E-state index in [2.05, 4.69) is 25.4 Å². The topological polar surface area (TPSA) is 81.1 Å². The third kappa shape index (κ3) is 4.14. The van der Waals surface area contributed by atoms with Crippen molar-refractivity contribution in [3.63, 3.8) is 0 Å². The van der Waals surface area contributed by atoms with Crippen LogP contribution >= 0.6 is 0 Å². The minimum atomic E-state index is -0.302. The first-order chi connectivity index (χ1) is 13.7. The number of hydrogen-bond acceptors (Lipinski definition) is 4. The summed E-state index contributed by atoms with van der Waals surface area (Å²) in [4.78, 5) is 12.4. The Morgan fingerprint density at radius 3 is 2.89 bits per heavy atom. The fraction of sp³-hybridized carbons (Fsp3) is 0.286. The van der Waals surface area contributed by atoms with Gasteiger partial charge in [-0.15, -0.1) is 10.2 Å². The molecule has 7 nitrogen and oxygen atoms in total. The molecule has 144 valence electrons. The number of fused-ring (bicyclic) bond motifs is 1. The Morgan fingerprint density at radius 1 is 1.18 bits per heavy atom.